The Hall–Kier alpha value is -1.85. The molecule has 0 atom stereocenters. The summed E-state index contributed by atoms with van der Waals surface area (Å²) in [5.74, 6) is -0.0756. The minimum atomic E-state index is -3.47. The van der Waals surface area contributed by atoms with E-state index in [0.29, 0.717) is 12.2 Å². The lowest BCUT2D eigenvalue weighted by molar-refractivity contribution is 0.600. The molecule has 0 aliphatic carbocycles. The molecule has 0 unspecified atom stereocenters. The summed E-state index contributed by atoms with van der Waals surface area (Å²) in [4.78, 5) is 0. The van der Waals surface area contributed by atoms with Crippen molar-refractivity contribution in [3.8, 4) is 0 Å². The number of aryl methyl sites for hydroxylation is 1. The van der Waals surface area contributed by atoms with E-state index in [9.17, 15) is 8.42 Å². The fraction of sp³-hybridized carbons (Fsp3) is 0.250. The van der Waals surface area contributed by atoms with Gasteiger partial charge in [0.25, 0.3) is 0 Å². The maximum atomic E-state index is 12.3. The van der Waals surface area contributed by atoms with E-state index in [4.69, 9.17) is 5.73 Å². The Kier molecular flexibility index (Phi) is 4.65. The van der Waals surface area contributed by atoms with Crippen molar-refractivity contribution in [1.29, 1.82) is 0 Å². The molecule has 0 saturated heterocycles. The number of benzene rings is 2. The zero-order valence-electron chi connectivity index (χ0n) is 12.3. The van der Waals surface area contributed by atoms with Crippen molar-refractivity contribution in [3.05, 3.63) is 64.7 Å². The molecule has 0 fully saturated rings. The van der Waals surface area contributed by atoms with E-state index in [1.54, 1.807) is 12.1 Å². The molecule has 2 rings (SSSR count). The minimum absolute atomic E-state index is 0.0756. The Morgan fingerprint density at radius 2 is 1.67 bits per heavy atom. The van der Waals surface area contributed by atoms with E-state index >= 15 is 0 Å². The van der Waals surface area contributed by atoms with Gasteiger partial charge in [0.2, 0.25) is 10.0 Å². The smallest absolute Gasteiger partial charge is 0.236 e. The number of hydrogen-bond acceptors (Lipinski definition) is 3. The molecule has 0 aliphatic rings. The van der Waals surface area contributed by atoms with E-state index in [2.05, 4.69) is 4.72 Å². The molecule has 0 aromatic heterocycles. The van der Waals surface area contributed by atoms with Crippen molar-refractivity contribution >= 4 is 15.7 Å². The predicted octanol–water partition coefficient (Wildman–Crippen LogP) is 2.70. The third-order valence-electron chi connectivity index (χ3n) is 3.55. The molecule has 5 heteroatoms. The Morgan fingerprint density at radius 1 is 1.00 bits per heavy atom. The van der Waals surface area contributed by atoms with Gasteiger partial charge >= 0.3 is 0 Å². The lowest BCUT2D eigenvalue weighted by Gasteiger charge is -2.13. The van der Waals surface area contributed by atoms with E-state index < -0.39 is 10.0 Å². The van der Waals surface area contributed by atoms with Crippen molar-refractivity contribution in [1.82, 2.24) is 0 Å². The van der Waals surface area contributed by atoms with Crippen molar-refractivity contribution < 1.29 is 8.42 Å². The number of nitrogens with one attached hydrogen (secondary N) is 1. The van der Waals surface area contributed by atoms with Crippen molar-refractivity contribution in [2.75, 3.05) is 4.72 Å². The van der Waals surface area contributed by atoms with Gasteiger partial charge in [-0.2, -0.15) is 0 Å². The molecule has 0 bridgehead atoms. The van der Waals surface area contributed by atoms with Crippen LogP contribution in [-0.2, 0) is 22.3 Å². The second-order valence-corrected chi connectivity index (χ2v) is 6.80. The van der Waals surface area contributed by atoms with Crippen LogP contribution in [0.4, 0.5) is 5.69 Å². The molecule has 0 heterocycles. The number of anilines is 1. The summed E-state index contributed by atoms with van der Waals surface area (Å²) in [6.45, 7) is 4.19. The molecule has 0 radical (unpaired) electrons. The number of sulfonamides is 1. The summed E-state index contributed by atoms with van der Waals surface area (Å²) in [6, 6.07) is 12.9. The highest BCUT2D eigenvalue weighted by Crippen LogP contribution is 2.21. The zero-order valence-corrected chi connectivity index (χ0v) is 13.1. The first-order valence-corrected chi connectivity index (χ1v) is 8.42. The molecule has 112 valence electrons. The maximum Gasteiger partial charge on any atom is 0.236 e. The lowest BCUT2D eigenvalue weighted by Crippen LogP contribution is -2.17. The van der Waals surface area contributed by atoms with Gasteiger partial charge in [-0.25, -0.2) is 8.42 Å². The van der Waals surface area contributed by atoms with Crippen molar-refractivity contribution in [2.24, 2.45) is 5.73 Å². The molecule has 4 nitrogen and oxygen atoms in total. The lowest BCUT2D eigenvalue weighted by atomic mass is 10.1. The highest BCUT2D eigenvalue weighted by Gasteiger charge is 2.15. The van der Waals surface area contributed by atoms with Gasteiger partial charge in [-0.1, -0.05) is 36.4 Å². The molecule has 0 amide bonds. The van der Waals surface area contributed by atoms with Crippen LogP contribution < -0.4 is 10.5 Å². The van der Waals surface area contributed by atoms with Crippen LogP contribution in [0, 0.1) is 13.8 Å². The Balaban J connectivity index is 2.25. The fourth-order valence-corrected chi connectivity index (χ4v) is 3.49. The Labute approximate surface area is 126 Å². The SMILES string of the molecule is Cc1cccc(NS(=O)(=O)Cc2ccccc2CN)c1C. The van der Waals surface area contributed by atoms with Crippen LogP contribution in [0.5, 0.6) is 0 Å². The van der Waals surface area contributed by atoms with Gasteiger partial charge in [-0.15, -0.1) is 0 Å². The number of rotatable bonds is 5. The highest BCUT2D eigenvalue weighted by atomic mass is 32.2. The zero-order chi connectivity index (χ0) is 15.5. The Morgan fingerprint density at radius 3 is 2.33 bits per heavy atom. The van der Waals surface area contributed by atoms with Gasteiger partial charge in [0, 0.05) is 6.54 Å². The largest absolute Gasteiger partial charge is 0.326 e. The van der Waals surface area contributed by atoms with Crippen LogP contribution in [0.15, 0.2) is 42.5 Å². The molecule has 0 aliphatic heterocycles. The van der Waals surface area contributed by atoms with Crippen LogP contribution in [0.25, 0.3) is 0 Å². The summed E-state index contributed by atoms with van der Waals surface area (Å²) in [5.41, 5.74) is 9.85. The first-order chi connectivity index (χ1) is 9.93. The molecule has 2 aromatic carbocycles. The Bertz CT molecular complexity index is 740. The van der Waals surface area contributed by atoms with Crippen molar-refractivity contribution in [2.45, 2.75) is 26.1 Å². The first-order valence-electron chi connectivity index (χ1n) is 6.76. The third-order valence-corrected chi connectivity index (χ3v) is 4.78. The summed E-state index contributed by atoms with van der Waals surface area (Å²) < 4.78 is 27.4. The average Bonchev–Trinajstić information content (AvgIpc) is 2.44. The summed E-state index contributed by atoms with van der Waals surface area (Å²) >= 11 is 0. The minimum Gasteiger partial charge on any atom is -0.326 e. The second kappa shape index (κ2) is 6.28. The quantitative estimate of drug-likeness (QED) is 0.892. The van der Waals surface area contributed by atoms with Gasteiger partial charge in [-0.05, 0) is 42.2 Å². The van der Waals surface area contributed by atoms with Crippen LogP contribution in [0.3, 0.4) is 0 Å². The van der Waals surface area contributed by atoms with E-state index in [1.165, 1.54) is 0 Å². The number of hydrogen-bond donors (Lipinski definition) is 2. The molecule has 21 heavy (non-hydrogen) atoms. The summed E-state index contributed by atoms with van der Waals surface area (Å²) in [7, 11) is -3.47. The first kappa shape index (κ1) is 15.5. The molecule has 2 aromatic rings. The molecular weight excluding hydrogens is 284 g/mol. The highest BCUT2D eigenvalue weighted by molar-refractivity contribution is 7.91. The average molecular weight is 304 g/mol. The second-order valence-electron chi connectivity index (χ2n) is 5.08. The molecule has 0 saturated carbocycles. The maximum absolute atomic E-state index is 12.3. The molecule has 0 spiro atoms. The monoisotopic (exact) mass is 304 g/mol. The van der Waals surface area contributed by atoms with E-state index in [-0.39, 0.29) is 5.75 Å². The van der Waals surface area contributed by atoms with Gasteiger partial charge < -0.3 is 5.73 Å². The van der Waals surface area contributed by atoms with Gasteiger partial charge in [0.15, 0.2) is 0 Å². The summed E-state index contributed by atoms with van der Waals surface area (Å²) in [6.07, 6.45) is 0. The van der Waals surface area contributed by atoms with Crippen LogP contribution in [-0.4, -0.2) is 8.42 Å². The van der Waals surface area contributed by atoms with Crippen LogP contribution in [0.2, 0.25) is 0 Å². The third kappa shape index (κ3) is 3.83. The number of nitrogens with two attached hydrogens (primary N) is 1. The molecular formula is C16H20N2O2S. The van der Waals surface area contributed by atoms with Crippen LogP contribution >= 0.6 is 0 Å². The molecule has 3 N–H and O–H groups in total. The van der Waals surface area contributed by atoms with Crippen LogP contribution in [0.1, 0.15) is 22.3 Å². The topological polar surface area (TPSA) is 72.2 Å². The normalized spacial score (nSPS) is 11.4. The standard InChI is InChI=1S/C16H20N2O2S/c1-12-6-5-9-16(13(12)2)18-21(19,20)11-15-8-4-3-7-14(15)10-17/h3-9,18H,10-11,17H2,1-2H3. The van der Waals surface area contributed by atoms with E-state index in [0.717, 1.165) is 22.3 Å². The fourth-order valence-electron chi connectivity index (χ4n) is 2.17. The van der Waals surface area contributed by atoms with Gasteiger partial charge in [0.05, 0.1) is 11.4 Å². The van der Waals surface area contributed by atoms with Crippen molar-refractivity contribution in [3.63, 3.8) is 0 Å². The predicted molar refractivity (Wildman–Crippen MR) is 86.5 cm³/mol. The summed E-state index contributed by atoms with van der Waals surface area (Å²) in [5, 5.41) is 0. The van der Waals surface area contributed by atoms with Gasteiger partial charge in [0.1, 0.15) is 0 Å². The van der Waals surface area contributed by atoms with E-state index in [1.807, 2.05) is 44.2 Å². The van der Waals surface area contributed by atoms with Gasteiger partial charge in [-0.3, -0.25) is 4.72 Å².